The predicted molar refractivity (Wildman–Crippen MR) is 213 cm³/mol. The van der Waals surface area contributed by atoms with Crippen LogP contribution in [0.15, 0.2) is 206 Å². The summed E-state index contributed by atoms with van der Waals surface area (Å²) < 4.78 is 0. The average molecular weight is 641 g/mol. The molecule has 0 bridgehead atoms. The maximum absolute atomic E-state index is 2.46. The van der Waals surface area contributed by atoms with Gasteiger partial charge in [0, 0.05) is 39.8 Å². The van der Waals surface area contributed by atoms with Crippen molar-refractivity contribution in [2.75, 3.05) is 9.80 Å². The van der Waals surface area contributed by atoms with Crippen LogP contribution in [0.3, 0.4) is 0 Å². The molecule has 0 spiro atoms. The Bertz CT molecular complexity index is 2420. The molecule has 0 N–H and O–H groups in total. The molecular formula is C48H36N2. The molecule has 0 heterocycles. The summed E-state index contributed by atoms with van der Waals surface area (Å²) in [5, 5.41) is 7.67. The van der Waals surface area contributed by atoms with E-state index in [1.165, 1.54) is 49.3 Å². The van der Waals surface area contributed by atoms with Crippen LogP contribution in [0.25, 0.3) is 32.3 Å². The standard InChI is InChI=1S/C48H36N2/c1-5-17-37(18-6-1)49(38-19-7-2-8-20-38)41-31-29-35(30-32-41)46-33-36-34-47(50(39-21-9-3-10-22-39)40-23-11-4-12-24-40)43-26-14-16-28-45(43)48(36)44-27-15-13-25-42(44)46/h1-29,31-35H,30H2. The van der Waals surface area contributed by atoms with Crippen molar-refractivity contribution < 1.29 is 0 Å². The van der Waals surface area contributed by atoms with E-state index in [2.05, 4.69) is 210 Å². The maximum Gasteiger partial charge on any atom is 0.0546 e. The van der Waals surface area contributed by atoms with Crippen molar-refractivity contribution in [2.45, 2.75) is 12.3 Å². The Morgan fingerprint density at radius 1 is 0.420 bits per heavy atom. The monoisotopic (exact) mass is 640 g/mol. The topological polar surface area (TPSA) is 6.48 Å². The molecule has 2 heteroatoms. The third kappa shape index (κ3) is 5.32. The van der Waals surface area contributed by atoms with Gasteiger partial charge in [-0.2, -0.15) is 0 Å². The predicted octanol–water partition coefficient (Wildman–Crippen LogP) is 13.4. The van der Waals surface area contributed by atoms with Crippen molar-refractivity contribution in [2.24, 2.45) is 0 Å². The van der Waals surface area contributed by atoms with Crippen LogP contribution in [0.5, 0.6) is 0 Å². The largest absolute Gasteiger partial charge is 0.311 e. The molecule has 238 valence electrons. The first-order valence-electron chi connectivity index (χ1n) is 17.4. The van der Waals surface area contributed by atoms with E-state index in [1.54, 1.807) is 0 Å². The van der Waals surface area contributed by atoms with E-state index in [0.717, 1.165) is 29.2 Å². The van der Waals surface area contributed by atoms with Gasteiger partial charge in [-0.15, -0.1) is 0 Å². The summed E-state index contributed by atoms with van der Waals surface area (Å²) in [6.45, 7) is 0. The molecule has 8 aromatic rings. The normalized spacial score (nSPS) is 14.2. The molecule has 9 rings (SSSR count). The molecule has 8 aromatic carbocycles. The van der Waals surface area contributed by atoms with Gasteiger partial charge in [-0.3, -0.25) is 0 Å². The first kappa shape index (κ1) is 29.7. The van der Waals surface area contributed by atoms with Crippen LogP contribution in [0.4, 0.5) is 28.4 Å². The van der Waals surface area contributed by atoms with E-state index in [1.807, 2.05) is 0 Å². The summed E-state index contributed by atoms with van der Waals surface area (Å²) in [6.07, 6.45) is 8.04. The van der Waals surface area contributed by atoms with Crippen molar-refractivity contribution in [3.05, 3.63) is 211 Å². The zero-order chi connectivity index (χ0) is 33.3. The van der Waals surface area contributed by atoms with Gasteiger partial charge >= 0.3 is 0 Å². The van der Waals surface area contributed by atoms with E-state index < -0.39 is 0 Å². The van der Waals surface area contributed by atoms with Gasteiger partial charge in [0.15, 0.2) is 0 Å². The van der Waals surface area contributed by atoms with E-state index >= 15 is 0 Å². The number of nitrogens with zero attached hydrogens (tertiary/aromatic N) is 2. The number of benzene rings is 8. The molecule has 50 heavy (non-hydrogen) atoms. The fraction of sp³-hybridized carbons (Fsp3) is 0.0417. The first-order chi connectivity index (χ1) is 24.8. The quantitative estimate of drug-likeness (QED) is 0.160. The highest BCUT2D eigenvalue weighted by atomic mass is 15.1. The van der Waals surface area contributed by atoms with Gasteiger partial charge in [-0.1, -0.05) is 133 Å². The molecule has 0 amide bonds. The summed E-state index contributed by atoms with van der Waals surface area (Å²) in [5.74, 6) is 0.246. The summed E-state index contributed by atoms with van der Waals surface area (Å²) in [5.41, 5.74) is 8.32. The van der Waals surface area contributed by atoms with Gasteiger partial charge in [0.1, 0.15) is 0 Å². The lowest BCUT2D eigenvalue weighted by molar-refractivity contribution is 0.848. The molecule has 0 aromatic heterocycles. The average Bonchev–Trinajstić information content (AvgIpc) is 3.20. The van der Waals surface area contributed by atoms with Crippen LogP contribution < -0.4 is 9.80 Å². The molecule has 0 saturated carbocycles. The van der Waals surface area contributed by atoms with Gasteiger partial charge in [0.2, 0.25) is 0 Å². The maximum atomic E-state index is 2.46. The Morgan fingerprint density at radius 2 is 0.860 bits per heavy atom. The van der Waals surface area contributed by atoms with E-state index in [4.69, 9.17) is 0 Å². The van der Waals surface area contributed by atoms with Crippen LogP contribution in [-0.4, -0.2) is 0 Å². The highest BCUT2D eigenvalue weighted by Gasteiger charge is 2.22. The highest BCUT2D eigenvalue weighted by molar-refractivity contribution is 6.24. The second-order valence-electron chi connectivity index (χ2n) is 12.9. The number of allylic oxidation sites excluding steroid dienone is 3. The number of hydrogen-bond acceptors (Lipinski definition) is 2. The molecule has 1 unspecified atom stereocenters. The Labute approximate surface area is 293 Å². The number of hydrogen-bond donors (Lipinski definition) is 0. The fourth-order valence-corrected chi connectivity index (χ4v) is 7.67. The van der Waals surface area contributed by atoms with Crippen LogP contribution >= 0.6 is 0 Å². The van der Waals surface area contributed by atoms with Crippen molar-refractivity contribution in [1.29, 1.82) is 0 Å². The zero-order valence-corrected chi connectivity index (χ0v) is 27.7. The third-order valence-electron chi connectivity index (χ3n) is 9.91. The number of rotatable bonds is 7. The van der Waals surface area contributed by atoms with Crippen molar-refractivity contribution in [3.8, 4) is 0 Å². The summed E-state index contributed by atoms with van der Waals surface area (Å²) in [6, 6.07) is 65.5. The van der Waals surface area contributed by atoms with Crippen molar-refractivity contribution in [3.63, 3.8) is 0 Å². The van der Waals surface area contributed by atoms with E-state index in [0.29, 0.717) is 0 Å². The Morgan fingerprint density at radius 3 is 1.36 bits per heavy atom. The van der Waals surface area contributed by atoms with E-state index in [-0.39, 0.29) is 5.92 Å². The fourth-order valence-electron chi connectivity index (χ4n) is 7.67. The zero-order valence-electron chi connectivity index (χ0n) is 27.7. The van der Waals surface area contributed by atoms with Gasteiger partial charge < -0.3 is 9.80 Å². The molecule has 2 nitrogen and oxygen atoms in total. The lowest BCUT2D eigenvalue weighted by atomic mass is 9.84. The number of para-hydroxylation sites is 4. The van der Waals surface area contributed by atoms with Gasteiger partial charge in [0.25, 0.3) is 0 Å². The lowest BCUT2D eigenvalue weighted by Crippen LogP contribution is -2.17. The first-order valence-corrected chi connectivity index (χ1v) is 17.4. The van der Waals surface area contributed by atoms with Crippen LogP contribution in [-0.2, 0) is 0 Å². The van der Waals surface area contributed by atoms with Crippen LogP contribution in [0.2, 0.25) is 0 Å². The Hall–Kier alpha value is -6.38. The van der Waals surface area contributed by atoms with Gasteiger partial charge in [0.05, 0.1) is 5.69 Å². The van der Waals surface area contributed by atoms with Crippen molar-refractivity contribution >= 4 is 60.8 Å². The summed E-state index contributed by atoms with van der Waals surface area (Å²) in [4.78, 5) is 4.75. The molecule has 1 aliphatic rings. The minimum absolute atomic E-state index is 0.246. The Balaban J connectivity index is 1.21. The molecule has 0 radical (unpaired) electrons. The minimum atomic E-state index is 0.246. The van der Waals surface area contributed by atoms with Crippen LogP contribution in [0, 0.1) is 0 Å². The second-order valence-corrected chi connectivity index (χ2v) is 12.9. The number of fused-ring (bicyclic) bond motifs is 5. The Kier molecular flexibility index (Phi) is 7.68. The van der Waals surface area contributed by atoms with Gasteiger partial charge in [-0.25, -0.2) is 0 Å². The number of anilines is 5. The minimum Gasteiger partial charge on any atom is -0.311 e. The van der Waals surface area contributed by atoms with Gasteiger partial charge in [-0.05, 0) is 106 Å². The molecule has 1 atom stereocenters. The van der Waals surface area contributed by atoms with E-state index in [9.17, 15) is 0 Å². The highest BCUT2D eigenvalue weighted by Crippen LogP contribution is 2.46. The second kappa shape index (κ2) is 12.9. The summed E-state index contributed by atoms with van der Waals surface area (Å²) >= 11 is 0. The molecule has 1 aliphatic carbocycles. The van der Waals surface area contributed by atoms with Crippen molar-refractivity contribution in [1.82, 2.24) is 0 Å². The SMILES string of the molecule is C1=CC(c2cc3cc(N(c4ccccc4)c4ccccc4)c4ccccc4c3c3ccccc23)CC=C1N(c1ccccc1)c1ccccc1. The summed E-state index contributed by atoms with van der Waals surface area (Å²) in [7, 11) is 0. The molecule has 0 fully saturated rings. The molecular weight excluding hydrogens is 605 g/mol. The molecule has 0 saturated heterocycles. The molecule has 0 aliphatic heterocycles. The van der Waals surface area contributed by atoms with Crippen LogP contribution in [0.1, 0.15) is 17.9 Å². The lowest BCUT2D eigenvalue weighted by Gasteiger charge is -2.30. The third-order valence-corrected chi connectivity index (χ3v) is 9.91. The smallest absolute Gasteiger partial charge is 0.0546 e.